The van der Waals surface area contributed by atoms with Crippen LogP contribution in [0.5, 0.6) is 0 Å². The number of rotatable bonds is 7. The largest absolute Gasteiger partial charge is 0.306 e. The monoisotopic (exact) mass is 248 g/mol. The van der Waals surface area contributed by atoms with Crippen molar-refractivity contribution >= 4 is 12.6 Å². The summed E-state index contributed by atoms with van der Waals surface area (Å²) < 4.78 is 0. The molecule has 0 radical (unpaired) electrons. The predicted octanol–water partition coefficient (Wildman–Crippen LogP) is 1.13. The van der Waals surface area contributed by atoms with Crippen molar-refractivity contribution < 1.29 is 9.59 Å². The lowest BCUT2D eigenvalue weighted by molar-refractivity contribution is -0.123. The van der Waals surface area contributed by atoms with E-state index in [1.165, 1.54) is 0 Å². The van der Waals surface area contributed by atoms with Gasteiger partial charge in [0, 0.05) is 0 Å². The van der Waals surface area contributed by atoms with Gasteiger partial charge in [-0.2, -0.15) is 0 Å². The first-order valence-electron chi connectivity index (χ1n) is 6.10. The van der Waals surface area contributed by atoms with Gasteiger partial charge < -0.3 is 16.3 Å². The van der Waals surface area contributed by atoms with Crippen molar-refractivity contribution in [3.8, 4) is 0 Å². The van der Waals surface area contributed by atoms with Crippen LogP contribution in [0.3, 0.4) is 0 Å². The van der Waals surface area contributed by atoms with E-state index in [0.717, 1.165) is 12.8 Å². The van der Waals surface area contributed by atoms with Crippen LogP contribution in [0.4, 0.5) is 0 Å². The molecule has 18 heavy (non-hydrogen) atoms. The van der Waals surface area contributed by atoms with E-state index in [1.807, 2.05) is 13.0 Å². The molecule has 0 fully saturated rings. The first-order chi connectivity index (χ1) is 8.54. The van der Waals surface area contributed by atoms with Crippen LogP contribution in [0.2, 0.25) is 0 Å². The number of carbonyl (C=O) groups is 2. The van der Waals surface area contributed by atoms with E-state index in [-0.39, 0.29) is 0 Å². The zero-order valence-electron chi connectivity index (χ0n) is 10.6. The molecule has 1 aromatic rings. The highest BCUT2D eigenvalue weighted by molar-refractivity contribution is 5.81. The molecule has 4 heteroatoms. The maximum absolute atomic E-state index is 11.6. The molecule has 0 amide bonds. The van der Waals surface area contributed by atoms with Crippen LogP contribution in [0.1, 0.15) is 31.7 Å². The molecule has 0 aliphatic heterocycles. The Morgan fingerprint density at radius 2 is 1.72 bits per heavy atom. The van der Waals surface area contributed by atoms with E-state index < -0.39 is 11.1 Å². The van der Waals surface area contributed by atoms with Gasteiger partial charge in [-0.25, -0.2) is 0 Å². The molecule has 98 valence electrons. The highest BCUT2D eigenvalue weighted by atomic mass is 16.1. The minimum absolute atomic E-state index is 0.461. The average molecular weight is 248 g/mol. The van der Waals surface area contributed by atoms with Crippen molar-refractivity contribution in [1.29, 1.82) is 0 Å². The van der Waals surface area contributed by atoms with E-state index in [0.29, 0.717) is 24.6 Å². The van der Waals surface area contributed by atoms with Crippen molar-refractivity contribution in [2.24, 2.45) is 11.5 Å². The number of hydrogen-bond acceptors (Lipinski definition) is 4. The average Bonchev–Trinajstić information content (AvgIpc) is 2.41. The van der Waals surface area contributed by atoms with Gasteiger partial charge in [-0.3, -0.25) is 4.79 Å². The molecule has 0 saturated carbocycles. The number of unbranched alkanes of at least 4 members (excludes halogenated alkanes) is 1. The molecular formula is C14H20N2O2. The van der Waals surface area contributed by atoms with Gasteiger partial charge in [0.05, 0.1) is 5.41 Å². The molecule has 0 bridgehead atoms. The first-order valence-corrected chi connectivity index (χ1v) is 6.10. The van der Waals surface area contributed by atoms with E-state index in [4.69, 9.17) is 11.5 Å². The lowest BCUT2D eigenvalue weighted by atomic mass is 9.69. The zero-order chi connectivity index (χ0) is 13.6. The maximum Gasteiger partial charge on any atom is 0.155 e. The quantitative estimate of drug-likeness (QED) is 0.559. The number of carbonyl (C=O) groups excluding carboxylic acids is 2. The zero-order valence-corrected chi connectivity index (χ0v) is 10.6. The fraction of sp³-hybridized carbons (Fsp3) is 0.429. The normalized spacial score (nSPS) is 14.8. The van der Waals surface area contributed by atoms with Gasteiger partial charge in [-0.15, -0.1) is 0 Å². The van der Waals surface area contributed by atoms with Crippen LogP contribution < -0.4 is 11.5 Å². The van der Waals surface area contributed by atoms with Gasteiger partial charge in [0.1, 0.15) is 11.9 Å². The third-order valence-corrected chi connectivity index (χ3v) is 3.38. The highest BCUT2D eigenvalue weighted by Gasteiger charge is 2.47. The summed E-state index contributed by atoms with van der Waals surface area (Å²) in [5, 5.41) is 0. The molecule has 1 atom stereocenters. The van der Waals surface area contributed by atoms with E-state index in [9.17, 15) is 9.59 Å². The Morgan fingerprint density at radius 3 is 2.17 bits per heavy atom. The van der Waals surface area contributed by atoms with Crippen LogP contribution in [-0.4, -0.2) is 18.2 Å². The molecule has 0 heterocycles. The van der Waals surface area contributed by atoms with Crippen LogP contribution in [0.15, 0.2) is 30.3 Å². The van der Waals surface area contributed by atoms with E-state index >= 15 is 0 Å². The number of benzene rings is 1. The van der Waals surface area contributed by atoms with Crippen molar-refractivity contribution in [3.63, 3.8) is 0 Å². The standard InChI is InChI=1S/C14H20N2O2/c1-2-3-9-13(10-17,14(15,16)11-18)12-7-5-4-6-8-12/h4-8,10-11H,2-3,9,15-16H2,1H3. The Hall–Kier alpha value is -1.52. The fourth-order valence-corrected chi connectivity index (χ4v) is 2.14. The molecule has 1 aromatic carbocycles. The number of hydrogen-bond donors (Lipinski definition) is 2. The van der Waals surface area contributed by atoms with E-state index in [1.54, 1.807) is 24.3 Å². The van der Waals surface area contributed by atoms with Crippen molar-refractivity contribution in [2.45, 2.75) is 37.3 Å². The summed E-state index contributed by atoms with van der Waals surface area (Å²) in [6.07, 6.45) is 3.31. The summed E-state index contributed by atoms with van der Waals surface area (Å²) in [6, 6.07) is 9.01. The summed E-state index contributed by atoms with van der Waals surface area (Å²) in [6.45, 7) is 2.01. The van der Waals surface area contributed by atoms with Crippen molar-refractivity contribution in [2.75, 3.05) is 0 Å². The lowest BCUT2D eigenvalue weighted by Crippen LogP contribution is -2.67. The lowest BCUT2D eigenvalue weighted by Gasteiger charge is -2.39. The molecule has 4 nitrogen and oxygen atoms in total. The van der Waals surface area contributed by atoms with Gasteiger partial charge in [-0.1, -0.05) is 50.1 Å². The van der Waals surface area contributed by atoms with Gasteiger partial charge in [0.2, 0.25) is 0 Å². The first kappa shape index (κ1) is 14.5. The van der Waals surface area contributed by atoms with Crippen molar-refractivity contribution in [3.05, 3.63) is 35.9 Å². The predicted molar refractivity (Wildman–Crippen MR) is 70.9 cm³/mol. The summed E-state index contributed by atoms with van der Waals surface area (Å²) >= 11 is 0. The maximum atomic E-state index is 11.6. The Kier molecular flexibility index (Phi) is 4.76. The third-order valence-electron chi connectivity index (χ3n) is 3.38. The van der Waals surface area contributed by atoms with Crippen LogP contribution in [-0.2, 0) is 15.0 Å². The number of aldehydes is 2. The van der Waals surface area contributed by atoms with Crippen LogP contribution >= 0.6 is 0 Å². The fourth-order valence-electron chi connectivity index (χ4n) is 2.14. The molecule has 0 aromatic heterocycles. The summed E-state index contributed by atoms with van der Waals surface area (Å²) in [5.41, 5.74) is 9.55. The molecular weight excluding hydrogens is 228 g/mol. The van der Waals surface area contributed by atoms with Gasteiger partial charge >= 0.3 is 0 Å². The Morgan fingerprint density at radius 1 is 1.11 bits per heavy atom. The van der Waals surface area contributed by atoms with Gasteiger partial charge in [0.25, 0.3) is 0 Å². The minimum Gasteiger partial charge on any atom is -0.306 e. The summed E-state index contributed by atoms with van der Waals surface area (Å²) in [5.74, 6) is 0. The highest BCUT2D eigenvalue weighted by Crippen LogP contribution is 2.33. The third kappa shape index (κ3) is 2.49. The molecule has 0 saturated heterocycles. The minimum atomic E-state index is -1.69. The van der Waals surface area contributed by atoms with Crippen LogP contribution in [0, 0.1) is 0 Å². The molecule has 0 aliphatic rings. The summed E-state index contributed by atoms with van der Waals surface area (Å²) in [7, 11) is 0. The molecule has 1 rings (SSSR count). The second kappa shape index (κ2) is 5.89. The van der Waals surface area contributed by atoms with Crippen LogP contribution in [0.25, 0.3) is 0 Å². The van der Waals surface area contributed by atoms with E-state index in [2.05, 4.69) is 0 Å². The molecule has 4 N–H and O–H groups in total. The van der Waals surface area contributed by atoms with Crippen molar-refractivity contribution in [1.82, 2.24) is 0 Å². The Balaban J connectivity index is 3.31. The molecule has 1 unspecified atom stereocenters. The Bertz CT molecular complexity index is 404. The number of nitrogens with two attached hydrogens (primary N) is 2. The smallest absolute Gasteiger partial charge is 0.155 e. The SMILES string of the molecule is CCCCC(C=O)(c1ccccc1)C(N)(N)C=O. The molecule has 0 aliphatic carbocycles. The summed E-state index contributed by atoms with van der Waals surface area (Å²) in [4.78, 5) is 22.8. The second-order valence-corrected chi connectivity index (χ2v) is 4.61. The molecule has 0 spiro atoms. The topological polar surface area (TPSA) is 86.2 Å². The Labute approximate surface area is 107 Å². The van der Waals surface area contributed by atoms with Gasteiger partial charge in [-0.05, 0) is 12.0 Å². The second-order valence-electron chi connectivity index (χ2n) is 4.61. The van der Waals surface area contributed by atoms with Gasteiger partial charge in [0.15, 0.2) is 6.29 Å².